The second kappa shape index (κ2) is 9.58. The Kier molecular flexibility index (Phi) is 6.42. The molecule has 0 saturated carbocycles. The minimum atomic E-state index is -0.870. The van der Waals surface area contributed by atoms with Gasteiger partial charge in [-0.05, 0) is 48.4 Å². The molecule has 7 heteroatoms. The number of rotatable bonds is 6. The van der Waals surface area contributed by atoms with Crippen molar-refractivity contribution in [3.05, 3.63) is 95.1 Å². The average molecular weight is 448 g/mol. The van der Waals surface area contributed by atoms with Crippen LogP contribution in [-0.2, 0) is 11.2 Å². The monoisotopic (exact) mass is 447 g/mol. The van der Waals surface area contributed by atoms with Crippen LogP contribution in [0, 0.1) is 6.92 Å². The molecule has 162 valence electrons. The van der Waals surface area contributed by atoms with E-state index in [1.165, 1.54) is 0 Å². The Morgan fingerprint density at radius 3 is 2.56 bits per heavy atom. The highest BCUT2D eigenvalue weighted by atomic mass is 35.5. The van der Waals surface area contributed by atoms with Crippen LogP contribution in [0.2, 0.25) is 5.02 Å². The number of carbonyl (C=O) groups is 2. The van der Waals surface area contributed by atoms with Crippen molar-refractivity contribution in [3.8, 4) is 5.75 Å². The lowest BCUT2D eigenvalue weighted by Gasteiger charge is -2.18. The van der Waals surface area contributed by atoms with E-state index in [1.54, 1.807) is 36.4 Å². The smallest absolute Gasteiger partial charge is 0.410 e. The van der Waals surface area contributed by atoms with Crippen LogP contribution in [0.1, 0.15) is 11.1 Å². The zero-order chi connectivity index (χ0) is 22.5. The van der Waals surface area contributed by atoms with Crippen molar-refractivity contribution in [1.29, 1.82) is 0 Å². The maximum absolute atomic E-state index is 13.1. The van der Waals surface area contributed by atoms with Crippen LogP contribution in [0.5, 0.6) is 5.75 Å². The molecule has 6 nitrogen and oxygen atoms in total. The molecule has 1 unspecified atom stereocenters. The van der Waals surface area contributed by atoms with Gasteiger partial charge in [0.05, 0.1) is 0 Å². The number of ether oxygens (including phenoxy) is 1. The van der Waals surface area contributed by atoms with Gasteiger partial charge in [0.1, 0.15) is 11.8 Å². The first-order valence-electron chi connectivity index (χ1n) is 10.1. The van der Waals surface area contributed by atoms with Crippen LogP contribution in [0.15, 0.2) is 79.0 Å². The molecule has 0 saturated heterocycles. The summed E-state index contributed by atoms with van der Waals surface area (Å²) in [7, 11) is 0. The lowest BCUT2D eigenvalue weighted by Crippen LogP contribution is -2.46. The Hall–Kier alpha value is -3.77. The van der Waals surface area contributed by atoms with Crippen molar-refractivity contribution in [2.45, 2.75) is 19.4 Å². The molecule has 4 rings (SSSR count). The third kappa shape index (κ3) is 5.10. The number of halogens is 1. The Morgan fingerprint density at radius 1 is 1.03 bits per heavy atom. The number of aromatic nitrogens is 1. The zero-order valence-electron chi connectivity index (χ0n) is 17.4. The molecule has 0 aliphatic carbocycles. The number of hydrogen-bond acceptors (Lipinski definition) is 3. The van der Waals surface area contributed by atoms with Crippen molar-refractivity contribution in [3.63, 3.8) is 0 Å². The first kappa shape index (κ1) is 21.5. The van der Waals surface area contributed by atoms with E-state index >= 15 is 0 Å². The Morgan fingerprint density at radius 2 is 1.78 bits per heavy atom. The number of aryl methyl sites for hydroxylation is 1. The third-order valence-corrected chi connectivity index (χ3v) is 5.51. The summed E-state index contributed by atoms with van der Waals surface area (Å²) < 4.78 is 5.33. The van der Waals surface area contributed by atoms with E-state index in [-0.39, 0.29) is 12.3 Å². The maximum Gasteiger partial charge on any atom is 0.413 e. The number of amides is 2. The first-order valence-corrected chi connectivity index (χ1v) is 10.5. The molecule has 2 amide bonds. The number of hydrogen-bond donors (Lipinski definition) is 3. The Labute approximate surface area is 190 Å². The van der Waals surface area contributed by atoms with Crippen LogP contribution < -0.4 is 15.4 Å². The highest BCUT2D eigenvalue weighted by molar-refractivity contribution is 6.31. The van der Waals surface area contributed by atoms with Gasteiger partial charge >= 0.3 is 6.09 Å². The predicted octanol–water partition coefficient (Wildman–Crippen LogP) is 5.47. The average Bonchev–Trinajstić information content (AvgIpc) is 3.19. The summed E-state index contributed by atoms with van der Waals surface area (Å²) in [4.78, 5) is 28.8. The lowest BCUT2D eigenvalue weighted by atomic mass is 10.0. The zero-order valence-corrected chi connectivity index (χ0v) is 18.1. The minimum Gasteiger partial charge on any atom is -0.410 e. The fraction of sp³-hybridized carbons (Fsp3) is 0.120. The van der Waals surface area contributed by atoms with E-state index in [0.29, 0.717) is 16.5 Å². The summed E-state index contributed by atoms with van der Waals surface area (Å²) in [6, 6.07) is 20.9. The van der Waals surface area contributed by atoms with Crippen molar-refractivity contribution in [2.24, 2.45) is 0 Å². The number of anilines is 1. The standard InChI is InChI=1S/C25H22ClN3O3/c1-16-11-12-18(14-21(16)26)28-24(30)23(29-25(31)32-19-7-3-2-4-8-19)13-17-15-27-22-10-6-5-9-20(17)22/h2-12,14-15,23,27H,13H2,1H3,(H,28,30)(H,29,31). The van der Waals surface area contributed by atoms with E-state index in [2.05, 4.69) is 15.6 Å². The second-order valence-corrected chi connectivity index (χ2v) is 7.82. The number of benzene rings is 3. The van der Waals surface area contributed by atoms with E-state index in [9.17, 15) is 9.59 Å². The van der Waals surface area contributed by atoms with Crippen molar-refractivity contribution >= 4 is 40.2 Å². The van der Waals surface area contributed by atoms with Gasteiger partial charge in [-0.1, -0.05) is 54.1 Å². The predicted molar refractivity (Wildman–Crippen MR) is 126 cm³/mol. The SMILES string of the molecule is Cc1ccc(NC(=O)C(Cc2c[nH]c3ccccc23)NC(=O)Oc2ccccc2)cc1Cl. The van der Waals surface area contributed by atoms with Crippen molar-refractivity contribution in [2.75, 3.05) is 5.32 Å². The highest BCUT2D eigenvalue weighted by Gasteiger charge is 2.24. The van der Waals surface area contributed by atoms with Crippen molar-refractivity contribution < 1.29 is 14.3 Å². The molecular formula is C25H22ClN3O3. The Bertz CT molecular complexity index is 1250. The first-order chi connectivity index (χ1) is 15.5. The van der Waals surface area contributed by atoms with Crippen LogP contribution >= 0.6 is 11.6 Å². The van der Waals surface area contributed by atoms with Gasteiger partial charge < -0.3 is 20.4 Å². The van der Waals surface area contributed by atoms with Gasteiger partial charge in [0.2, 0.25) is 5.91 Å². The molecule has 0 radical (unpaired) electrons. The lowest BCUT2D eigenvalue weighted by molar-refractivity contribution is -0.118. The number of nitrogens with one attached hydrogen (secondary N) is 3. The minimum absolute atomic E-state index is 0.277. The molecule has 3 N–H and O–H groups in total. The van der Waals surface area contributed by atoms with Crippen LogP contribution in [0.4, 0.5) is 10.5 Å². The van der Waals surface area contributed by atoms with Crippen LogP contribution in [-0.4, -0.2) is 23.0 Å². The number of carbonyl (C=O) groups excluding carboxylic acids is 2. The number of H-pyrrole nitrogens is 1. The molecule has 0 fully saturated rings. The summed E-state index contributed by atoms with van der Waals surface area (Å²) in [5, 5.41) is 7.07. The Balaban J connectivity index is 1.55. The van der Waals surface area contributed by atoms with E-state index in [4.69, 9.17) is 16.3 Å². The number of para-hydroxylation sites is 2. The molecular weight excluding hydrogens is 426 g/mol. The molecule has 1 aromatic heterocycles. The fourth-order valence-electron chi connectivity index (χ4n) is 3.40. The normalized spacial score (nSPS) is 11.7. The molecule has 1 atom stereocenters. The highest BCUT2D eigenvalue weighted by Crippen LogP contribution is 2.22. The van der Waals surface area contributed by atoms with Crippen LogP contribution in [0.3, 0.4) is 0 Å². The summed E-state index contributed by atoms with van der Waals surface area (Å²) >= 11 is 6.19. The summed E-state index contributed by atoms with van der Waals surface area (Å²) in [6.07, 6.45) is 1.41. The largest absolute Gasteiger partial charge is 0.413 e. The maximum atomic E-state index is 13.1. The quantitative estimate of drug-likeness (QED) is 0.366. The second-order valence-electron chi connectivity index (χ2n) is 7.42. The molecule has 0 aliphatic rings. The summed E-state index contributed by atoms with van der Waals surface area (Å²) in [5.74, 6) is 0.0155. The van der Waals surface area contributed by atoms with Gasteiger partial charge in [0, 0.05) is 34.2 Å². The van der Waals surface area contributed by atoms with Gasteiger partial charge in [-0.2, -0.15) is 0 Å². The van der Waals surface area contributed by atoms with Crippen LogP contribution in [0.25, 0.3) is 10.9 Å². The third-order valence-electron chi connectivity index (χ3n) is 5.10. The fourth-order valence-corrected chi connectivity index (χ4v) is 3.58. The van der Waals surface area contributed by atoms with Gasteiger partial charge in [-0.15, -0.1) is 0 Å². The van der Waals surface area contributed by atoms with Gasteiger partial charge in [-0.3, -0.25) is 4.79 Å². The molecule has 0 aliphatic heterocycles. The molecule has 4 aromatic rings. The van der Waals surface area contributed by atoms with E-state index in [1.807, 2.05) is 49.5 Å². The molecule has 0 spiro atoms. The number of aromatic amines is 1. The number of fused-ring (bicyclic) bond motifs is 1. The topological polar surface area (TPSA) is 83.2 Å². The molecule has 3 aromatic carbocycles. The van der Waals surface area contributed by atoms with E-state index in [0.717, 1.165) is 22.0 Å². The van der Waals surface area contributed by atoms with Gasteiger partial charge in [0.15, 0.2) is 0 Å². The molecule has 1 heterocycles. The van der Waals surface area contributed by atoms with Crippen molar-refractivity contribution in [1.82, 2.24) is 10.3 Å². The molecule has 0 bridgehead atoms. The van der Waals surface area contributed by atoms with E-state index < -0.39 is 12.1 Å². The summed E-state index contributed by atoms with van der Waals surface area (Å²) in [6.45, 7) is 1.88. The van der Waals surface area contributed by atoms with Gasteiger partial charge in [0.25, 0.3) is 0 Å². The van der Waals surface area contributed by atoms with Gasteiger partial charge in [-0.25, -0.2) is 4.79 Å². The summed E-state index contributed by atoms with van der Waals surface area (Å²) in [5.41, 5.74) is 3.32. The molecule has 32 heavy (non-hydrogen) atoms.